The third kappa shape index (κ3) is 4.71. The summed E-state index contributed by atoms with van der Waals surface area (Å²) in [6.07, 6.45) is 7.43. The Hall–Kier alpha value is -1.23. The summed E-state index contributed by atoms with van der Waals surface area (Å²) >= 11 is 0. The van der Waals surface area contributed by atoms with Crippen molar-refractivity contribution >= 4 is 21.4 Å². The Morgan fingerprint density at radius 3 is 2.70 bits per heavy atom. The van der Waals surface area contributed by atoms with Crippen molar-refractivity contribution in [1.82, 2.24) is 0 Å². The zero-order valence-electron chi connectivity index (χ0n) is 12.2. The Balaban J connectivity index is 2.00. The van der Waals surface area contributed by atoms with E-state index in [0.717, 1.165) is 11.6 Å². The van der Waals surface area contributed by atoms with Gasteiger partial charge < -0.3 is 5.32 Å². The third-order valence-electron chi connectivity index (χ3n) is 3.90. The molecular formula is C15H24N2O2S. The minimum absolute atomic E-state index is 0.502. The Labute approximate surface area is 122 Å². The Kier molecular flexibility index (Phi) is 4.91. The third-order valence-corrected chi connectivity index (χ3v) is 4.50. The molecule has 2 N–H and O–H groups in total. The van der Waals surface area contributed by atoms with Crippen LogP contribution in [0.3, 0.4) is 0 Å². The predicted molar refractivity (Wildman–Crippen MR) is 84.6 cm³/mol. The first-order valence-electron chi connectivity index (χ1n) is 7.30. The maximum atomic E-state index is 11.3. The number of nitrogens with one attached hydrogen (secondary N) is 2. The molecule has 112 valence electrons. The number of anilines is 2. The van der Waals surface area contributed by atoms with Crippen LogP contribution in [-0.4, -0.2) is 20.7 Å². The standard InChI is InChI=1S/C15H24N2O2S/c1-3-12-6-4-7-13(10-12)16-14-8-5-9-15(11-14)17-20(2,18)19/h5,8-9,11-13,16-17H,3-4,6-7,10H2,1-2H3. The molecule has 0 radical (unpaired) electrons. The van der Waals surface area contributed by atoms with Crippen LogP contribution in [0.1, 0.15) is 39.0 Å². The van der Waals surface area contributed by atoms with Gasteiger partial charge in [0, 0.05) is 11.7 Å². The van der Waals surface area contributed by atoms with Crippen LogP contribution >= 0.6 is 0 Å². The van der Waals surface area contributed by atoms with Gasteiger partial charge in [0.1, 0.15) is 0 Å². The highest BCUT2D eigenvalue weighted by molar-refractivity contribution is 7.92. The molecule has 1 aliphatic rings. The van der Waals surface area contributed by atoms with E-state index in [4.69, 9.17) is 0 Å². The molecule has 20 heavy (non-hydrogen) atoms. The SMILES string of the molecule is CCC1CCCC(Nc2cccc(NS(C)(=O)=O)c2)C1. The van der Waals surface area contributed by atoms with Crippen LogP contribution in [0.2, 0.25) is 0 Å². The summed E-state index contributed by atoms with van der Waals surface area (Å²) in [7, 11) is -3.22. The smallest absolute Gasteiger partial charge is 0.229 e. The molecular weight excluding hydrogens is 272 g/mol. The van der Waals surface area contributed by atoms with Crippen LogP contribution in [-0.2, 0) is 10.0 Å². The minimum atomic E-state index is -3.22. The average molecular weight is 296 g/mol. The normalized spacial score (nSPS) is 23.3. The van der Waals surface area contributed by atoms with Gasteiger partial charge in [0.05, 0.1) is 11.9 Å². The maximum Gasteiger partial charge on any atom is 0.229 e. The van der Waals surface area contributed by atoms with E-state index in [0.29, 0.717) is 11.7 Å². The van der Waals surface area contributed by atoms with Crippen molar-refractivity contribution in [1.29, 1.82) is 0 Å². The fourth-order valence-corrected chi connectivity index (χ4v) is 3.47. The van der Waals surface area contributed by atoms with Crippen LogP contribution in [0.15, 0.2) is 24.3 Å². The lowest BCUT2D eigenvalue weighted by atomic mass is 9.84. The second-order valence-electron chi connectivity index (χ2n) is 5.74. The lowest BCUT2D eigenvalue weighted by Gasteiger charge is -2.30. The first-order chi connectivity index (χ1) is 9.46. The molecule has 1 saturated carbocycles. The van der Waals surface area contributed by atoms with E-state index >= 15 is 0 Å². The highest BCUT2D eigenvalue weighted by Gasteiger charge is 2.20. The second kappa shape index (κ2) is 6.48. The quantitative estimate of drug-likeness (QED) is 0.875. The van der Waals surface area contributed by atoms with Crippen molar-refractivity contribution in [2.24, 2.45) is 5.92 Å². The summed E-state index contributed by atoms with van der Waals surface area (Å²) < 4.78 is 25.0. The van der Waals surface area contributed by atoms with Crippen molar-refractivity contribution in [3.63, 3.8) is 0 Å². The first-order valence-corrected chi connectivity index (χ1v) is 9.20. The van der Waals surface area contributed by atoms with Crippen molar-refractivity contribution < 1.29 is 8.42 Å². The maximum absolute atomic E-state index is 11.3. The monoisotopic (exact) mass is 296 g/mol. The van der Waals surface area contributed by atoms with Crippen LogP contribution in [0, 0.1) is 5.92 Å². The zero-order valence-corrected chi connectivity index (χ0v) is 13.0. The van der Waals surface area contributed by atoms with Crippen LogP contribution < -0.4 is 10.0 Å². The van der Waals surface area contributed by atoms with Crippen LogP contribution in [0.4, 0.5) is 11.4 Å². The molecule has 0 aliphatic heterocycles. The van der Waals surface area contributed by atoms with Gasteiger partial charge in [-0.25, -0.2) is 8.42 Å². The summed E-state index contributed by atoms with van der Waals surface area (Å²) in [5, 5.41) is 3.54. The molecule has 0 saturated heterocycles. The van der Waals surface area contributed by atoms with Gasteiger partial charge in [-0.15, -0.1) is 0 Å². The lowest BCUT2D eigenvalue weighted by molar-refractivity contribution is 0.327. The second-order valence-corrected chi connectivity index (χ2v) is 7.49. The van der Waals surface area contributed by atoms with Crippen molar-refractivity contribution in [3.05, 3.63) is 24.3 Å². The highest BCUT2D eigenvalue weighted by atomic mass is 32.2. The molecule has 4 nitrogen and oxygen atoms in total. The van der Waals surface area contributed by atoms with Gasteiger partial charge in [0.25, 0.3) is 0 Å². The van der Waals surface area contributed by atoms with E-state index in [-0.39, 0.29) is 0 Å². The van der Waals surface area contributed by atoms with Gasteiger partial charge in [0.15, 0.2) is 0 Å². The van der Waals surface area contributed by atoms with Crippen molar-refractivity contribution in [3.8, 4) is 0 Å². The van der Waals surface area contributed by atoms with E-state index in [9.17, 15) is 8.42 Å². The molecule has 1 fully saturated rings. The Morgan fingerprint density at radius 1 is 1.25 bits per heavy atom. The van der Waals surface area contributed by atoms with E-state index in [1.165, 1.54) is 38.4 Å². The summed E-state index contributed by atoms with van der Waals surface area (Å²) in [4.78, 5) is 0. The largest absolute Gasteiger partial charge is 0.382 e. The van der Waals surface area contributed by atoms with Crippen molar-refractivity contribution in [2.45, 2.75) is 45.1 Å². The molecule has 0 amide bonds. The van der Waals surface area contributed by atoms with Crippen LogP contribution in [0.5, 0.6) is 0 Å². The van der Waals surface area contributed by atoms with E-state index in [2.05, 4.69) is 17.0 Å². The van der Waals surface area contributed by atoms with Gasteiger partial charge >= 0.3 is 0 Å². The van der Waals surface area contributed by atoms with Crippen LogP contribution in [0.25, 0.3) is 0 Å². The average Bonchev–Trinajstić information content (AvgIpc) is 2.37. The molecule has 0 aromatic heterocycles. The number of sulfonamides is 1. The van der Waals surface area contributed by atoms with Gasteiger partial charge in [-0.2, -0.15) is 0 Å². The summed E-state index contributed by atoms with van der Waals surface area (Å²) in [5.41, 5.74) is 1.60. The summed E-state index contributed by atoms with van der Waals surface area (Å²) in [5.74, 6) is 0.818. The molecule has 1 aromatic rings. The topological polar surface area (TPSA) is 58.2 Å². The molecule has 2 atom stereocenters. The lowest BCUT2D eigenvalue weighted by Crippen LogP contribution is -2.27. The molecule has 0 spiro atoms. The molecule has 1 aliphatic carbocycles. The number of rotatable bonds is 5. The minimum Gasteiger partial charge on any atom is -0.382 e. The zero-order chi connectivity index (χ0) is 14.6. The van der Waals surface area contributed by atoms with E-state index in [1.807, 2.05) is 18.2 Å². The summed E-state index contributed by atoms with van der Waals surface area (Å²) in [6, 6.07) is 7.99. The Morgan fingerprint density at radius 2 is 2.00 bits per heavy atom. The van der Waals surface area contributed by atoms with Gasteiger partial charge in [0.2, 0.25) is 10.0 Å². The first kappa shape index (κ1) is 15.2. The highest BCUT2D eigenvalue weighted by Crippen LogP contribution is 2.29. The number of hydrogen-bond acceptors (Lipinski definition) is 3. The van der Waals surface area contributed by atoms with E-state index in [1.54, 1.807) is 6.07 Å². The Bertz CT molecular complexity index is 543. The van der Waals surface area contributed by atoms with Gasteiger partial charge in [-0.05, 0) is 37.0 Å². The van der Waals surface area contributed by atoms with Gasteiger partial charge in [-0.3, -0.25) is 4.72 Å². The van der Waals surface area contributed by atoms with E-state index < -0.39 is 10.0 Å². The fraction of sp³-hybridized carbons (Fsp3) is 0.600. The predicted octanol–water partition coefficient (Wildman–Crippen LogP) is 3.44. The molecule has 2 unspecified atom stereocenters. The molecule has 1 aromatic carbocycles. The molecule has 2 rings (SSSR count). The summed E-state index contributed by atoms with van der Waals surface area (Å²) in [6.45, 7) is 2.25. The number of benzene rings is 1. The van der Waals surface area contributed by atoms with Crippen molar-refractivity contribution in [2.75, 3.05) is 16.3 Å². The molecule has 0 heterocycles. The number of hydrogen-bond donors (Lipinski definition) is 2. The molecule has 0 bridgehead atoms. The van der Waals surface area contributed by atoms with Gasteiger partial charge in [-0.1, -0.05) is 32.3 Å². The fourth-order valence-electron chi connectivity index (χ4n) is 2.92. The molecule has 5 heteroatoms.